The maximum atomic E-state index is 14.0. The number of hydrogen-bond donors (Lipinski definition) is 0. The molecule has 0 fully saturated rings. The first kappa shape index (κ1) is 15.8. The Morgan fingerprint density at radius 1 is 0.955 bits per heavy atom. The van der Waals surface area contributed by atoms with Crippen LogP contribution >= 0.6 is 0 Å². The highest BCUT2D eigenvalue weighted by atomic mass is 19.1. The van der Waals surface area contributed by atoms with Crippen molar-refractivity contribution in [2.45, 2.75) is 6.42 Å². The molecule has 2 rings (SSSR count). The number of benzene rings is 2. The van der Waals surface area contributed by atoms with Gasteiger partial charge in [-0.25, -0.2) is 4.39 Å². The van der Waals surface area contributed by atoms with Crippen LogP contribution in [0, 0.1) is 5.82 Å². The Labute approximate surface area is 128 Å². The summed E-state index contributed by atoms with van der Waals surface area (Å²) in [7, 11) is 4.50. The molecule has 0 amide bonds. The van der Waals surface area contributed by atoms with Crippen LogP contribution in [-0.4, -0.2) is 27.1 Å². The number of rotatable bonds is 6. The predicted octanol–water partition coefficient (Wildman–Crippen LogP) is 3.28. The summed E-state index contributed by atoms with van der Waals surface area (Å²) in [6.07, 6.45) is 0.0175. The molecular formula is C17H17FO4. The molecule has 116 valence electrons. The Balaban J connectivity index is 2.28. The van der Waals surface area contributed by atoms with Crippen LogP contribution in [0.5, 0.6) is 17.2 Å². The standard InChI is InChI=1S/C17H17FO4/c1-20-12-5-7-17(22-3)11(8-12)9-16(19)14-6-4-13(21-2)10-15(14)18/h4-8,10H,9H2,1-3H3. The van der Waals surface area contributed by atoms with Crippen LogP contribution in [0.4, 0.5) is 4.39 Å². The Bertz CT molecular complexity index is 682. The van der Waals surface area contributed by atoms with E-state index in [1.807, 2.05) is 0 Å². The summed E-state index contributed by atoms with van der Waals surface area (Å²) >= 11 is 0. The van der Waals surface area contributed by atoms with E-state index in [-0.39, 0.29) is 17.8 Å². The topological polar surface area (TPSA) is 44.8 Å². The monoisotopic (exact) mass is 304 g/mol. The van der Waals surface area contributed by atoms with Crippen molar-refractivity contribution in [2.24, 2.45) is 0 Å². The molecular weight excluding hydrogens is 287 g/mol. The van der Waals surface area contributed by atoms with Crippen molar-refractivity contribution >= 4 is 5.78 Å². The summed E-state index contributed by atoms with van der Waals surface area (Å²) < 4.78 is 29.3. The summed E-state index contributed by atoms with van der Waals surface area (Å²) in [6, 6.07) is 9.32. The van der Waals surface area contributed by atoms with Gasteiger partial charge in [0.15, 0.2) is 5.78 Å². The van der Waals surface area contributed by atoms with Gasteiger partial charge in [0.05, 0.1) is 26.9 Å². The van der Waals surface area contributed by atoms with Crippen LogP contribution in [-0.2, 0) is 6.42 Å². The van der Waals surface area contributed by atoms with Crippen molar-refractivity contribution in [1.29, 1.82) is 0 Å². The van der Waals surface area contributed by atoms with Crippen molar-refractivity contribution in [3.63, 3.8) is 0 Å². The molecule has 0 aliphatic heterocycles. The summed E-state index contributed by atoms with van der Waals surface area (Å²) in [4.78, 5) is 12.3. The molecule has 0 bridgehead atoms. The van der Waals surface area contributed by atoms with Crippen LogP contribution in [0.2, 0.25) is 0 Å². The molecule has 5 heteroatoms. The van der Waals surface area contributed by atoms with Gasteiger partial charge in [0.1, 0.15) is 23.1 Å². The SMILES string of the molecule is COc1ccc(C(=O)Cc2cc(OC)ccc2OC)c(F)c1. The van der Waals surface area contributed by atoms with E-state index >= 15 is 0 Å². The van der Waals surface area contributed by atoms with Crippen LogP contribution in [0.3, 0.4) is 0 Å². The third-order valence-corrected chi connectivity index (χ3v) is 3.32. The molecule has 0 unspecified atom stereocenters. The van der Waals surface area contributed by atoms with Gasteiger partial charge in [-0.2, -0.15) is 0 Å². The minimum Gasteiger partial charge on any atom is -0.497 e. The molecule has 2 aromatic rings. The highest BCUT2D eigenvalue weighted by molar-refractivity contribution is 5.98. The lowest BCUT2D eigenvalue weighted by molar-refractivity contribution is 0.0988. The zero-order valence-corrected chi connectivity index (χ0v) is 12.7. The molecule has 0 radical (unpaired) electrons. The van der Waals surface area contributed by atoms with Gasteiger partial charge >= 0.3 is 0 Å². The van der Waals surface area contributed by atoms with E-state index in [1.54, 1.807) is 24.3 Å². The minimum absolute atomic E-state index is 0.0175. The maximum Gasteiger partial charge on any atom is 0.170 e. The molecule has 0 N–H and O–H groups in total. The highest BCUT2D eigenvalue weighted by Crippen LogP contribution is 2.26. The Morgan fingerprint density at radius 3 is 2.18 bits per heavy atom. The second kappa shape index (κ2) is 6.93. The van der Waals surface area contributed by atoms with E-state index in [2.05, 4.69) is 0 Å². The van der Waals surface area contributed by atoms with Crippen molar-refractivity contribution in [2.75, 3.05) is 21.3 Å². The average Bonchev–Trinajstić information content (AvgIpc) is 2.54. The largest absolute Gasteiger partial charge is 0.497 e. The Hall–Kier alpha value is -2.56. The molecule has 4 nitrogen and oxygen atoms in total. The summed E-state index contributed by atoms with van der Waals surface area (Å²) in [5, 5.41) is 0. The van der Waals surface area contributed by atoms with Gasteiger partial charge in [0.25, 0.3) is 0 Å². The number of methoxy groups -OCH3 is 3. The fourth-order valence-electron chi connectivity index (χ4n) is 2.14. The van der Waals surface area contributed by atoms with Gasteiger partial charge < -0.3 is 14.2 Å². The lowest BCUT2D eigenvalue weighted by Gasteiger charge is -2.10. The summed E-state index contributed by atoms with van der Waals surface area (Å²) in [5.41, 5.74) is 0.660. The molecule has 0 aliphatic rings. The van der Waals surface area contributed by atoms with E-state index in [9.17, 15) is 9.18 Å². The average molecular weight is 304 g/mol. The third kappa shape index (κ3) is 3.36. The maximum absolute atomic E-state index is 14.0. The van der Waals surface area contributed by atoms with Crippen LogP contribution in [0.25, 0.3) is 0 Å². The number of halogens is 1. The number of hydrogen-bond acceptors (Lipinski definition) is 4. The molecule has 0 saturated heterocycles. The predicted molar refractivity (Wildman–Crippen MR) is 80.5 cm³/mol. The molecule has 0 saturated carbocycles. The number of carbonyl (C=O) groups is 1. The fourth-order valence-corrected chi connectivity index (χ4v) is 2.14. The minimum atomic E-state index is -0.605. The quantitative estimate of drug-likeness (QED) is 0.768. The summed E-state index contributed by atoms with van der Waals surface area (Å²) in [5.74, 6) is 0.591. The number of ketones is 1. The van der Waals surface area contributed by atoms with Crippen LogP contribution in [0.1, 0.15) is 15.9 Å². The van der Waals surface area contributed by atoms with Gasteiger partial charge in [-0.3, -0.25) is 4.79 Å². The Kier molecular flexibility index (Phi) is 4.99. The van der Waals surface area contributed by atoms with Crippen molar-refractivity contribution in [1.82, 2.24) is 0 Å². The van der Waals surface area contributed by atoms with Crippen molar-refractivity contribution in [3.8, 4) is 17.2 Å². The first-order valence-electron chi connectivity index (χ1n) is 6.66. The molecule has 0 atom stereocenters. The van der Waals surface area contributed by atoms with Crippen LogP contribution in [0.15, 0.2) is 36.4 Å². The molecule has 2 aromatic carbocycles. The van der Waals surface area contributed by atoms with Gasteiger partial charge in [-0.15, -0.1) is 0 Å². The fraction of sp³-hybridized carbons (Fsp3) is 0.235. The van der Waals surface area contributed by atoms with E-state index < -0.39 is 5.82 Å². The molecule has 0 heterocycles. The first-order valence-corrected chi connectivity index (χ1v) is 6.66. The van der Waals surface area contributed by atoms with E-state index in [0.717, 1.165) is 0 Å². The van der Waals surface area contributed by atoms with E-state index in [1.165, 1.54) is 33.5 Å². The molecule has 0 spiro atoms. The second-order valence-corrected chi connectivity index (χ2v) is 4.62. The highest BCUT2D eigenvalue weighted by Gasteiger charge is 2.16. The van der Waals surface area contributed by atoms with Gasteiger partial charge in [0.2, 0.25) is 0 Å². The van der Waals surface area contributed by atoms with Gasteiger partial charge in [-0.05, 0) is 30.3 Å². The number of Topliss-reactive ketones (excluding diaryl/α,β-unsaturated/α-hetero) is 1. The summed E-state index contributed by atoms with van der Waals surface area (Å²) in [6.45, 7) is 0. The normalized spacial score (nSPS) is 10.2. The van der Waals surface area contributed by atoms with Crippen molar-refractivity contribution < 1.29 is 23.4 Å². The lowest BCUT2D eigenvalue weighted by atomic mass is 10.0. The number of ether oxygens (including phenoxy) is 3. The molecule has 0 aliphatic carbocycles. The lowest BCUT2D eigenvalue weighted by Crippen LogP contribution is -2.07. The number of carbonyl (C=O) groups excluding carboxylic acids is 1. The Morgan fingerprint density at radius 2 is 1.59 bits per heavy atom. The van der Waals surface area contributed by atoms with Gasteiger partial charge in [-0.1, -0.05) is 0 Å². The van der Waals surface area contributed by atoms with E-state index in [0.29, 0.717) is 22.8 Å². The first-order chi connectivity index (χ1) is 10.6. The third-order valence-electron chi connectivity index (χ3n) is 3.32. The molecule has 22 heavy (non-hydrogen) atoms. The van der Waals surface area contributed by atoms with Crippen molar-refractivity contribution in [3.05, 3.63) is 53.3 Å². The van der Waals surface area contributed by atoms with Crippen LogP contribution < -0.4 is 14.2 Å². The smallest absolute Gasteiger partial charge is 0.170 e. The zero-order valence-electron chi connectivity index (χ0n) is 12.7. The zero-order chi connectivity index (χ0) is 16.1. The van der Waals surface area contributed by atoms with Gasteiger partial charge in [0, 0.05) is 18.1 Å². The second-order valence-electron chi connectivity index (χ2n) is 4.62. The van der Waals surface area contributed by atoms with E-state index in [4.69, 9.17) is 14.2 Å². The molecule has 0 aromatic heterocycles.